The second kappa shape index (κ2) is 7.11. The van der Waals surface area contributed by atoms with Crippen molar-refractivity contribution >= 4 is 0 Å². The summed E-state index contributed by atoms with van der Waals surface area (Å²) in [5.41, 5.74) is 2.49. The third-order valence-corrected chi connectivity index (χ3v) is 2.04. The summed E-state index contributed by atoms with van der Waals surface area (Å²) in [5.74, 6) is 0. The van der Waals surface area contributed by atoms with E-state index in [1.165, 1.54) is 24.0 Å². The smallest absolute Gasteiger partial charge is 0.0202 e. The van der Waals surface area contributed by atoms with E-state index in [9.17, 15) is 0 Å². The Bertz CT molecular complexity index is 156. The van der Waals surface area contributed by atoms with E-state index in [1.807, 2.05) is 6.92 Å². The highest BCUT2D eigenvalue weighted by Crippen LogP contribution is 2.03. The van der Waals surface area contributed by atoms with Gasteiger partial charge in [-0.3, -0.25) is 0 Å². The minimum absolute atomic E-state index is 0.927. The molecule has 1 heteroatoms. The van der Waals surface area contributed by atoms with E-state index in [0.29, 0.717) is 0 Å². The molecule has 0 spiro atoms. The predicted molar refractivity (Wildman–Crippen MR) is 56.3 cm³/mol. The maximum atomic E-state index is 3.99. The minimum atomic E-state index is 0.927. The van der Waals surface area contributed by atoms with Gasteiger partial charge in [0.15, 0.2) is 0 Å². The van der Waals surface area contributed by atoms with Crippen molar-refractivity contribution in [2.45, 2.75) is 33.6 Å². The predicted octanol–water partition coefficient (Wildman–Crippen LogP) is 2.90. The highest BCUT2D eigenvalue weighted by Gasteiger charge is 1.94. The lowest BCUT2D eigenvalue weighted by atomic mass is 10.1. The molecule has 0 saturated carbocycles. The minimum Gasteiger partial charge on any atom is -0.313 e. The fourth-order valence-corrected chi connectivity index (χ4v) is 0.885. The van der Waals surface area contributed by atoms with Gasteiger partial charge < -0.3 is 5.32 Å². The van der Waals surface area contributed by atoms with Gasteiger partial charge in [-0.05, 0) is 32.4 Å². The molecular weight excluding hydrogens is 146 g/mol. The summed E-state index contributed by atoms with van der Waals surface area (Å²) in [4.78, 5) is 0. The van der Waals surface area contributed by atoms with Crippen LogP contribution in [0.15, 0.2) is 23.8 Å². The van der Waals surface area contributed by atoms with Gasteiger partial charge in [-0.15, -0.1) is 0 Å². The van der Waals surface area contributed by atoms with Crippen LogP contribution in [0, 0.1) is 0 Å². The zero-order chi connectivity index (χ0) is 9.40. The topological polar surface area (TPSA) is 12.0 Å². The van der Waals surface area contributed by atoms with E-state index in [1.54, 1.807) is 0 Å². The monoisotopic (exact) mass is 167 g/mol. The largest absolute Gasteiger partial charge is 0.313 e. The van der Waals surface area contributed by atoms with Crippen molar-refractivity contribution < 1.29 is 0 Å². The van der Waals surface area contributed by atoms with Crippen LogP contribution in [0.1, 0.15) is 33.6 Å². The van der Waals surface area contributed by atoms with E-state index < -0.39 is 0 Å². The SMILES string of the molecule is C=C(CNCCCC)/C(C)=C/C. The Balaban J connectivity index is 3.45. The summed E-state index contributed by atoms with van der Waals surface area (Å²) in [6, 6.07) is 0. The van der Waals surface area contributed by atoms with Crippen LogP contribution in [-0.2, 0) is 0 Å². The van der Waals surface area contributed by atoms with Gasteiger partial charge in [0.2, 0.25) is 0 Å². The highest BCUT2D eigenvalue weighted by molar-refractivity contribution is 5.26. The van der Waals surface area contributed by atoms with Gasteiger partial charge >= 0.3 is 0 Å². The molecule has 1 N–H and O–H groups in total. The van der Waals surface area contributed by atoms with Gasteiger partial charge in [0.05, 0.1) is 0 Å². The third-order valence-electron chi connectivity index (χ3n) is 2.04. The van der Waals surface area contributed by atoms with E-state index in [4.69, 9.17) is 0 Å². The summed E-state index contributed by atoms with van der Waals surface area (Å²) in [6.45, 7) is 12.4. The highest BCUT2D eigenvalue weighted by atomic mass is 14.8. The Hall–Kier alpha value is -0.560. The third kappa shape index (κ3) is 5.14. The average molecular weight is 167 g/mol. The fraction of sp³-hybridized carbons (Fsp3) is 0.636. The van der Waals surface area contributed by atoms with Crippen molar-refractivity contribution in [3.05, 3.63) is 23.8 Å². The molecule has 70 valence electrons. The van der Waals surface area contributed by atoms with Gasteiger partial charge in [0.1, 0.15) is 0 Å². The molecule has 0 aliphatic heterocycles. The van der Waals surface area contributed by atoms with Gasteiger partial charge in [-0.1, -0.05) is 31.6 Å². The number of nitrogens with one attached hydrogen (secondary N) is 1. The zero-order valence-corrected chi connectivity index (χ0v) is 8.61. The second-order valence-corrected chi connectivity index (χ2v) is 3.11. The molecule has 1 nitrogen and oxygen atoms in total. The lowest BCUT2D eigenvalue weighted by molar-refractivity contribution is 0.673. The molecule has 0 unspecified atom stereocenters. The lowest BCUT2D eigenvalue weighted by Crippen LogP contribution is -2.18. The van der Waals surface area contributed by atoms with Crippen LogP contribution < -0.4 is 5.32 Å². The Morgan fingerprint density at radius 1 is 1.50 bits per heavy atom. The van der Waals surface area contributed by atoms with Crippen molar-refractivity contribution in [3.63, 3.8) is 0 Å². The molecule has 0 aromatic heterocycles. The first-order valence-electron chi connectivity index (χ1n) is 4.74. The Kier molecular flexibility index (Phi) is 6.78. The van der Waals surface area contributed by atoms with Crippen molar-refractivity contribution in [2.75, 3.05) is 13.1 Å². The van der Waals surface area contributed by atoms with Crippen LogP contribution in [0.25, 0.3) is 0 Å². The first-order chi connectivity index (χ1) is 5.72. The molecule has 0 bridgehead atoms. The number of rotatable bonds is 6. The van der Waals surface area contributed by atoms with Gasteiger partial charge in [-0.25, -0.2) is 0 Å². The summed E-state index contributed by atoms with van der Waals surface area (Å²) >= 11 is 0. The van der Waals surface area contributed by atoms with Crippen molar-refractivity contribution in [2.24, 2.45) is 0 Å². The van der Waals surface area contributed by atoms with Gasteiger partial charge in [-0.2, -0.15) is 0 Å². The van der Waals surface area contributed by atoms with Crippen LogP contribution in [0.4, 0.5) is 0 Å². The quantitative estimate of drug-likeness (QED) is 0.474. The number of unbranched alkanes of at least 4 members (excludes halogenated alkanes) is 1. The van der Waals surface area contributed by atoms with Crippen LogP contribution in [-0.4, -0.2) is 13.1 Å². The molecule has 0 fully saturated rings. The first kappa shape index (κ1) is 11.4. The van der Waals surface area contributed by atoms with E-state index >= 15 is 0 Å². The number of allylic oxidation sites excluding steroid dienone is 1. The van der Waals surface area contributed by atoms with Crippen LogP contribution in [0.2, 0.25) is 0 Å². The first-order valence-corrected chi connectivity index (χ1v) is 4.74. The van der Waals surface area contributed by atoms with Crippen LogP contribution in [0.3, 0.4) is 0 Å². The molecule has 0 amide bonds. The average Bonchev–Trinajstić information content (AvgIpc) is 2.10. The maximum absolute atomic E-state index is 3.99. The molecular formula is C11H21N. The van der Waals surface area contributed by atoms with Gasteiger partial charge in [0.25, 0.3) is 0 Å². The normalized spacial score (nSPS) is 11.8. The second-order valence-electron chi connectivity index (χ2n) is 3.11. The van der Waals surface area contributed by atoms with Crippen molar-refractivity contribution in [1.29, 1.82) is 0 Å². The zero-order valence-electron chi connectivity index (χ0n) is 8.61. The van der Waals surface area contributed by atoms with E-state index in [-0.39, 0.29) is 0 Å². The fourth-order valence-electron chi connectivity index (χ4n) is 0.885. The van der Waals surface area contributed by atoms with Crippen LogP contribution in [0.5, 0.6) is 0 Å². The van der Waals surface area contributed by atoms with Gasteiger partial charge in [0, 0.05) is 6.54 Å². The summed E-state index contributed by atoms with van der Waals surface area (Å²) in [7, 11) is 0. The molecule has 0 atom stereocenters. The molecule has 12 heavy (non-hydrogen) atoms. The number of hydrogen-bond donors (Lipinski definition) is 1. The Morgan fingerprint density at radius 2 is 2.17 bits per heavy atom. The van der Waals surface area contributed by atoms with E-state index in [0.717, 1.165) is 13.1 Å². The standard InChI is InChI=1S/C11H21N/c1-5-7-8-12-9-11(4)10(3)6-2/h6,12H,4-5,7-9H2,1-3H3/b10-6+. The van der Waals surface area contributed by atoms with Crippen molar-refractivity contribution in [1.82, 2.24) is 5.32 Å². The molecule has 0 rings (SSSR count). The van der Waals surface area contributed by atoms with Crippen molar-refractivity contribution in [3.8, 4) is 0 Å². The van der Waals surface area contributed by atoms with Crippen LogP contribution >= 0.6 is 0 Å². The maximum Gasteiger partial charge on any atom is 0.0202 e. The number of hydrogen-bond acceptors (Lipinski definition) is 1. The lowest BCUT2D eigenvalue weighted by Gasteiger charge is -2.06. The molecule has 0 heterocycles. The molecule has 0 radical (unpaired) electrons. The Labute approximate surface area is 76.6 Å². The summed E-state index contributed by atoms with van der Waals surface area (Å²) in [5, 5.41) is 3.36. The summed E-state index contributed by atoms with van der Waals surface area (Å²) < 4.78 is 0. The molecule has 0 aromatic rings. The molecule has 0 aliphatic rings. The molecule has 0 saturated heterocycles. The molecule has 0 aromatic carbocycles. The Morgan fingerprint density at radius 3 is 2.67 bits per heavy atom. The summed E-state index contributed by atoms with van der Waals surface area (Å²) in [6.07, 6.45) is 4.61. The molecule has 0 aliphatic carbocycles. The van der Waals surface area contributed by atoms with E-state index in [2.05, 4.69) is 31.8 Å².